The van der Waals surface area contributed by atoms with Gasteiger partial charge in [0.05, 0.1) is 12.6 Å². The Morgan fingerprint density at radius 1 is 1.20 bits per heavy atom. The first kappa shape index (κ1) is 14.6. The summed E-state index contributed by atoms with van der Waals surface area (Å²) in [6, 6.07) is 8.36. The molecule has 0 fully saturated rings. The van der Waals surface area contributed by atoms with Crippen molar-refractivity contribution in [2.45, 2.75) is 33.4 Å². The molecule has 0 bridgehead atoms. The quantitative estimate of drug-likeness (QED) is 0.843. The van der Waals surface area contributed by atoms with Crippen LogP contribution < -0.4 is 10.1 Å². The highest BCUT2D eigenvalue weighted by Gasteiger charge is 2.17. The number of hydrogen-bond acceptors (Lipinski definition) is 3. The van der Waals surface area contributed by atoms with E-state index in [4.69, 9.17) is 4.74 Å². The lowest BCUT2D eigenvalue weighted by atomic mass is 10.1. The highest BCUT2D eigenvalue weighted by atomic mass is 16.5. The molecule has 1 aromatic heterocycles. The SMILES string of the molecule is CCNC(c1ccc(OCC)cc1)c1nccn1CC. The average Bonchev–Trinajstić information content (AvgIpc) is 2.94. The van der Waals surface area contributed by atoms with E-state index in [0.717, 1.165) is 24.7 Å². The summed E-state index contributed by atoms with van der Waals surface area (Å²) in [4.78, 5) is 4.51. The van der Waals surface area contributed by atoms with Crippen LogP contribution in [0, 0.1) is 0 Å². The van der Waals surface area contributed by atoms with Gasteiger partial charge in [0, 0.05) is 18.9 Å². The van der Waals surface area contributed by atoms with E-state index in [-0.39, 0.29) is 6.04 Å². The molecule has 1 unspecified atom stereocenters. The summed E-state index contributed by atoms with van der Waals surface area (Å²) < 4.78 is 7.67. The maximum absolute atomic E-state index is 5.49. The predicted molar refractivity (Wildman–Crippen MR) is 81.0 cm³/mol. The number of ether oxygens (including phenoxy) is 1. The largest absolute Gasteiger partial charge is 0.494 e. The molecule has 1 heterocycles. The van der Waals surface area contributed by atoms with Gasteiger partial charge in [-0.25, -0.2) is 4.98 Å². The Morgan fingerprint density at radius 2 is 1.95 bits per heavy atom. The van der Waals surface area contributed by atoms with Crippen molar-refractivity contribution in [1.82, 2.24) is 14.9 Å². The number of nitrogens with one attached hydrogen (secondary N) is 1. The van der Waals surface area contributed by atoms with Crippen LogP contribution in [0.2, 0.25) is 0 Å². The third-order valence-corrected chi connectivity index (χ3v) is 3.28. The van der Waals surface area contributed by atoms with Crippen LogP contribution in [0.3, 0.4) is 0 Å². The molecule has 0 aliphatic heterocycles. The molecular formula is C16H23N3O. The summed E-state index contributed by atoms with van der Waals surface area (Å²) in [5, 5.41) is 3.50. The Balaban J connectivity index is 2.28. The summed E-state index contributed by atoms with van der Waals surface area (Å²) in [7, 11) is 0. The Hall–Kier alpha value is -1.81. The summed E-state index contributed by atoms with van der Waals surface area (Å²) in [5.41, 5.74) is 1.20. The van der Waals surface area contributed by atoms with Crippen molar-refractivity contribution in [2.75, 3.05) is 13.2 Å². The molecule has 2 aromatic rings. The third-order valence-electron chi connectivity index (χ3n) is 3.28. The van der Waals surface area contributed by atoms with Gasteiger partial charge in [-0.3, -0.25) is 0 Å². The molecule has 0 saturated heterocycles. The van der Waals surface area contributed by atoms with Gasteiger partial charge < -0.3 is 14.6 Å². The summed E-state index contributed by atoms with van der Waals surface area (Å²) in [6.07, 6.45) is 3.88. The molecule has 0 aliphatic rings. The Bertz CT molecular complexity index is 519. The van der Waals surface area contributed by atoms with E-state index in [1.807, 2.05) is 31.5 Å². The van der Waals surface area contributed by atoms with Crippen LogP contribution in [0.15, 0.2) is 36.7 Å². The van der Waals surface area contributed by atoms with E-state index in [1.165, 1.54) is 5.56 Å². The summed E-state index contributed by atoms with van der Waals surface area (Å²) in [6.45, 7) is 8.75. The monoisotopic (exact) mass is 273 g/mol. The molecular weight excluding hydrogens is 250 g/mol. The molecule has 0 aliphatic carbocycles. The smallest absolute Gasteiger partial charge is 0.130 e. The van der Waals surface area contributed by atoms with Gasteiger partial charge in [0.2, 0.25) is 0 Å². The third kappa shape index (κ3) is 3.20. The minimum absolute atomic E-state index is 0.116. The molecule has 0 amide bonds. The molecule has 108 valence electrons. The van der Waals surface area contributed by atoms with Crippen LogP contribution in [0.1, 0.15) is 38.2 Å². The topological polar surface area (TPSA) is 39.1 Å². The van der Waals surface area contributed by atoms with Crippen molar-refractivity contribution in [3.8, 4) is 5.75 Å². The van der Waals surface area contributed by atoms with Crippen LogP contribution in [-0.2, 0) is 6.54 Å². The second-order valence-corrected chi connectivity index (χ2v) is 4.56. The minimum Gasteiger partial charge on any atom is -0.494 e. The number of benzene rings is 1. The molecule has 0 saturated carbocycles. The van der Waals surface area contributed by atoms with Crippen LogP contribution >= 0.6 is 0 Å². The van der Waals surface area contributed by atoms with Gasteiger partial charge in [0.1, 0.15) is 11.6 Å². The highest BCUT2D eigenvalue weighted by molar-refractivity contribution is 5.32. The van der Waals surface area contributed by atoms with Gasteiger partial charge in [-0.05, 0) is 38.1 Å². The fraction of sp³-hybridized carbons (Fsp3) is 0.438. The zero-order valence-electron chi connectivity index (χ0n) is 12.5. The molecule has 1 atom stereocenters. The van der Waals surface area contributed by atoms with Gasteiger partial charge >= 0.3 is 0 Å². The molecule has 1 N–H and O–H groups in total. The predicted octanol–water partition coefficient (Wildman–Crippen LogP) is 3.00. The van der Waals surface area contributed by atoms with E-state index in [0.29, 0.717) is 6.61 Å². The maximum Gasteiger partial charge on any atom is 0.130 e. The Labute approximate surface area is 120 Å². The van der Waals surface area contributed by atoms with Crippen molar-refractivity contribution in [2.24, 2.45) is 0 Å². The maximum atomic E-state index is 5.49. The van der Waals surface area contributed by atoms with Crippen molar-refractivity contribution in [3.63, 3.8) is 0 Å². The first-order valence-corrected chi connectivity index (χ1v) is 7.27. The van der Waals surface area contributed by atoms with Gasteiger partial charge in [-0.2, -0.15) is 0 Å². The van der Waals surface area contributed by atoms with Crippen LogP contribution in [0.4, 0.5) is 0 Å². The number of aromatic nitrogens is 2. The second-order valence-electron chi connectivity index (χ2n) is 4.56. The molecule has 2 rings (SSSR count). The lowest BCUT2D eigenvalue weighted by Crippen LogP contribution is -2.25. The molecule has 4 heteroatoms. The zero-order chi connectivity index (χ0) is 14.4. The average molecular weight is 273 g/mol. The minimum atomic E-state index is 0.116. The van der Waals surface area contributed by atoms with E-state index in [2.05, 4.69) is 40.8 Å². The summed E-state index contributed by atoms with van der Waals surface area (Å²) in [5.74, 6) is 1.96. The standard InChI is InChI=1S/C16H23N3O/c1-4-17-15(16-18-11-12-19(16)5-2)13-7-9-14(10-8-13)20-6-3/h7-12,15,17H,4-6H2,1-3H3. The van der Waals surface area contributed by atoms with E-state index >= 15 is 0 Å². The lowest BCUT2D eigenvalue weighted by molar-refractivity contribution is 0.340. The number of nitrogens with zero attached hydrogens (tertiary/aromatic N) is 2. The lowest BCUT2D eigenvalue weighted by Gasteiger charge is -2.19. The van der Waals surface area contributed by atoms with E-state index in [1.54, 1.807) is 0 Å². The highest BCUT2D eigenvalue weighted by Crippen LogP contribution is 2.23. The van der Waals surface area contributed by atoms with Crippen molar-refractivity contribution in [3.05, 3.63) is 48.0 Å². The van der Waals surface area contributed by atoms with Crippen molar-refractivity contribution in [1.29, 1.82) is 0 Å². The number of hydrogen-bond donors (Lipinski definition) is 1. The van der Waals surface area contributed by atoms with Crippen molar-refractivity contribution >= 4 is 0 Å². The van der Waals surface area contributed by atoms with Crippen LogP contribution in [0.25, 0.3) is 0 Å². The van der Waals surface area contributed by atoms with Crippen LogP contribution in [-0.4, -0.2) is 22.7 Å². The van der Waals surface area contributed by atoms with Gasteiger partial charge in [-0.15, -0.1) is 0 Å². The van der Waals surface area contributed by atoms with Gasteiger partial charge in [-0.1, -0.05) is 19.1 Å². The van der Waals surface area contributed by atoms with Gasteiger partial charge in [0.15, 0.2) is 0 Å². The summed E-state index contributed by atoms with van der Waals surface area (Å²) >= 11 is 0. The fourth-order valence-corrected chi connectivity index (χ4v) is 2.33. The number of imidazole rings is 1. The molecule has 1 aromatic carbocycles. The molecule has 20 heavy (non-hydrogen) atoms. The van der Waals surface area contributed by atoms with Gasteiger partial charge in [0.25, 0.3) is 0 Å². The molecule has 0 spiro atoms. The first-order valence-electron chi connectivity index (χ1n) is 7.27. The zero-order valence-corrected chi connectivity index (χ0v) is 12.5. The second kappa shape index (κ2) is 7.10. The Kier molecular flexibility index (Phi) is 5.18. The fourth-order valence-electron chi connectivity index (χ4n) is 2.33. The number of aryl methyl sites for hydroxylation is 1. The van der Waals surface area contributed by atoms with Crippen molar-refractivity contribution < 1.29 is 4.74 Å². The van der Waals surface area contributed by atoms with E-state index in [9.17, 15) is 0 Å². The molecule has 0 radical (unpaired) electrons. The first-order chi connectivity index (χ1) is 9.80. The normalized spacial score (nSPS) is 12.3. The molecule has 4 nitrogen and oxygen atoms in total. The van der Waals surface area contributed by atoms with E-state index < -0.39 is 0 Å². The Morgan fingerprint density at radius 3 is 2.55 bits per heavy atom. The van der Waals surface area contributed by atoms with Crippen LogP contribution in [0.5, 0.6) is 5.75 Å². The number of rotatable bonds is 7.